The largest absolute Gasteiger partial charge is 0.354 e. The number of guanidine groups is 1. The molecule has 2 N–H and O–H groups in total. The van der Waals surface area contributed by atoms with Gasteiger partial charge in [-0.25, -0.2) is 0 Å². The predicted octanol–water partition coefficient (Wildman–Crippen LogP) is 3.06. The molecule has 5 heteroatoms. The molecule has 1 heterocycles. The fraction of sp³-hybridized carbons (Fsp3) is 0.789. The van der Waals surface area contributed by atoms with Gasteiger partial charge in [-0.2, -0.15) is 5.10 Å². The predicted molar refractivity (Wildman–Crippen MR) is 99.1 cm³/mol. The molecule has 3 unspecified atom stereocenters. The van der Waals surface area contributed by atoms with Crippen LogP contribution in [-0.4, -0.2) is 28.8 Å². The lowest BCUT2D eigenvalue weighted by Gasteiger charge is -2.39. The summed E-state index contributed by atoms with van der Waals surface area (Å²) < 4.78 is 1.95. The van der Waals surface area contributed by atoms with E-state index in [0.717, 1.165) is 30.0 Å². The fourth-order valence-electron chi connectivity index (χ4n) is 4.64. The van der Waals surface area contributed by atoms with Gasteiger partial charge in [0.05, 0.1) is 5.69 Å². The van der Waals surface area contributed by atoms with Gasteiger partial charge >= 0.3 is 0 Å². The summed E-state index contributed by atoms with van der Waals surface area (Å²) in [5.74, 6) is 2.86. The second kappa shape index (κ2) is 7.58. The first kappa shape index (κ1) is 17.3. The van der Waals surface area contributed by atoms with Crippen LogP contribution >= 0.6 is 0 Å². The number of nitrogens with zero attached hydrogens (tertiary/aromatic N) is 3. The summed E-state index contributed by atoms with van der Waals surface area (Å²) in [7, 11) is 3.87. The minimum atomic E-state index is 0.576. The molecule has 134 valence electrons. The Balaban J connectivity index is 1.53. The first-order valence-corrected chi connectivity index (χ1v) is 9.54. The zero-order chi connectivity index (χ0) is 17.1. The highest BCUT2D eigenvalue weighted by Gasteiger charge is 2.32. The number of aryl methyl sites for hydroxylation is 2. The maximum atomic E-state index is 4.49. The van der Waals surface area contributed by atoms with Gasteiger partial charge < -0.3 is 10.6 Å². The number of hydrogen-bond acceptors (Lipinski definition) is 2. The molecule has 0 radical (unpaired) electrons. The van der Waals surface area contributed by atoms with Gasteiger partial charge in [-0.1, -0.05) is 25.7 Å². The lowest BCUT2D eigenvalue weighted by molar-refractivity contribution is 0.150. The molecule has 3 rings (SSSR count). The molecule has 5 nitrogen and oxygen atoms in total. The molecular formula is C19H33N5. The van der Waals surface area contributed by atoms with Gasteiger partial charge in [0.1, 0.15) is 0 Å². The lowest BCUT2D eigenvalue weighted by Crippen LogP contribution is -2.46. The van der Waals surface area contributed by atoms with Gasteiger partial charge in [0.25, 0.3) is 0 Å². The summed E-state index contributed by atoms with van der Waals surface area (Å²) in [6.45, 7) is 4.98. The van der Waals surface area contributed by atoms with Gasteiger partial charge in [-0.3, -0.25) is 9.67 Å². The van der Waals surface area contributed by atoms with E-state index < -0.39 is 0 Å². The van der Waals surface area contributed by atoms with Gasteiger partial charge in [0, 0.05) is 37.9 Å². The minimum Gasteiger partial charge on any atom is -0.354 e. The van der Waals surface area contributed by atoms with Crippen LogP contribution < -0.4 is 10.6 Å². The summed E-state index contributed by atoms with van der Waals surface area (Å²) in [5, 5.41) is 11.6. The van der Waals surface area contributed by atoms with Crippen molar-refractivity contribution < 1.29 is 0 Å². The smallest absolute Gasteiger partial charge is 0.191 e. The maximum Gasteiger partial charge on any atom is 0.191 e. The quantitative estimate of drug-likeness (QED) is 0.661. The third-order valence-electron chi connectivity index (χ3n) is 6.20. The third-order valence-corrected chi connectivity index (χ3v) is 6.20. The lowest BCUT2D eigenvalue weighted by atomic mass is 9.69. The second-order valence-corrected chi connectivity index (χ2v) is 7.66. The number of fused-ring (bicyclic) bond motifs is 1. The van der Waals surface area contributed by atoms with Crippen molar-refractivity contribution in [2.24, 2.45) is 23.9 Å². The van der Waals surface area contributed by atoms with E-state index in [1.165, 1.54) is 56.2 Å². The standard InChI is InChI=1S/C19H33N5/c1-13-18(14(2)24(4)23-13)12-21-19(20-3)22-17-10-9-15-7-5-6-8-16(15)11-17/h15-17H,5-12H2,1-4H3,(H2,20,21,22). The SMILES string of the molecule is CN=C(NCc1c(C)nn(C)c1C)NC1CCC2CCCCC2C1. The summed E-state index contributed by atoms with van der Waals surface area (Å²) in [6, 6.07) is 0.576. The number of rotatable bonds is 3. The van der Waals surface area contributed by atoms with Crippen LogP contribution in [0.2, 0.25) is 0 Å². The molecule has 1 aromatic heterocycles. The Kier molecular flexibility index (Phi) is 5.47. The summed E-state index contributed by atoms with van der Waals surface area (Å²) in [5.41, 5.74) is 3.59. The monoisotopic (exact) mass is 331 g/mol. The van der Waals surface area contributed by atoms with E-state index in [-0.39, 0.29) is 0 Å². The Morgan fingerprint density at radius 1 is 1.17 bits per heavy atom. The number of nitrogens with one attached hydrogen (secondary N) is 2. The van der Waals surface area contributed by atoms with Crippen LogP contribution in [0.3, 0.4) is 0 Å². The molecule has 0 spiro atoms. The van der Waals surface area contributed by atoms with Crippen molar-refractivity contribution in [1.29, 1.82) is 0 Å². The molecule has 3 atom stereocenters. The van der Waals surface area contributed by atoms with Crippen LogP contribution in [0.1, 0.15) is 61.9 Å². The van der Waals surface area contributed by atoms with E-state index in [1.54, 1.807) is 0 Å². The van der Waals surface area contributed by atoms with Crippen molar-refractivity contribution in [2.45, 2.75) is 71.4 Å². The molecule has 2 fully saturated rings. The van der Waals surface area contributed by atoms with E-state index in [2.05, 4.69) is 34.6 Å². The fourth-order valence-corrected chi connectivity index (χ4v) is 4.64. The Hall–Kier alpha value is -1.52. The van der Waals surface area contributed by atoms with Crippen LogP contribution in [-0.2, 0) is 13.6 Å². The zero-order valence-electron chi connectivity index (χ0n) is 15.7. The van der Waals surface area contributed by atoms with E-state index >= 15 is 0 Å². The second-order valence-electron chi connectivity index (χ2n) is 7.66. The molecule has 1 aromatic rings. The molecule has 2 aliphatic rings. The third kappa shape index (κ3) is 3.76. The first-order valence-electron chi connectivity index (χ1n) is 9.54. The molecule has 0 saturated heterocycles. The molecular weight excluding hydrogens is 298 g/mol. The minimum absolute atomic E-state index is 0.576. The summed E-state index contributed by atoms with van der Waals surface area (Å²) in [6.07, 6.45) is 9.77. The average molecular weight is 332 g/mol. The van der Waals surface area contributed by atoms with Gasteiger partial charge in [0.15, 0.2) is 5.96 Å². The van der Waals surface area contributed by atoms with Gasteiger partial charge in [-0.15, -0.1) is 0 Å². The normalized spacial score (nSPS) is 27.7. The Labute approximate surface area is 146 Å². The molecule has 2 aliphatic carbocycles. The molecule has 0 bridgehead atoms. The topological polar surface area (TPSA) is 54.2 Å². The molecule has 0 amide bonds. The number of aliphatic imine (C=N–C) groups is 1. The van der Waals surface area contributed by atoms with E-state index in [1.807, 2.05) is 18.8 Å². The van der Waals surface area contributed by atoms with Crippen molar-refractivity contribution in [1.82, 2.24) is 20.4 Å². The van der Waals surface area contributed by atoms with E-state index in [9.17, 15) is 0 Å². The first-order chi connectivity index (χ1) is 11.6. The van der Waals surface area contributed by atoms with Crippen molar-refractivity contribution in [2.75, 3.05) is 7.05 Å². The molecule has 0 aliphatic heterocycles. The van der Waals surface area contributed by atoms with Crippen LogP contribution in [0.5, 0.6) is 0 Å². The molecule has 24 heavy (non-hydrogen) atoms. The van der Waals surface area contributed by atoms with E-state index in [4.69, 9.17) is 0 Å². The number of hydrogen-bond donors (Lipinski definition) is 2. The summed E-state index contributed by atoms with van der Waals surface area (Å²) in [4.78, 5) is 4.43. The van der Waals surface area contributed by atoms with Gasteiger partial charge in [-0.05, 0) is 44.9 Å². The van der Waals surface area contributed by atoms with Crippen molar-refractivity contribution in [3.8, 4) is 0 Å². The highest BCUT2D eigenvalue weighted by Crippen LogP contribution is 2.40. The van der Waals surface area contributed by atoms with Crippen molar-refractivity contribution in [3.05, 3.63) is 17.0 Å². The Morgan fingerprint density at radius 3 is 2.58 bits per heavy atom. The van der Waals surface area contributed by atoms with Gasteiger partial charge in [0.2, 0.25) is 0 Å². The molecule has 2 saturated carbocycles. The van der Waals surface area contributed by atoms with Crippen LogP contribution in [0.25, 0.3) is 0 Å². The van der Waals surface area contributed by atoms with E-state index in [0.29, 0.717) is 6.04 Å². The van der Waals surface area contributed by atoms with Crippen molar-refractivity contribution in [3.63, 3.8) is 0 Å². The van der Waals surface area contributed by atoms with Crippen molar-refractivity contribution >= 4 is 5.96 Å². The maximum absolute atomic E-state index is 4.49. The Bertz CT molecular complexity index is 589. The van der Waals surface area contributed by atoms with Crippen LogP contribution in [0.15, 0.2) is 4.99 Å². The van der Waals surface area contributed by atoms with Crippen LogP contribution in [0.4, 0.5) is 0 Å². The molecule has 0 aromatic carbocycles. The van der Waals surface area contributed by atoms with Crippen LogP contribution in [0, 0.1) is 25.7 Å². The zero-order valence-corrected chi connectivity index (χ0v) is 15.7. The Morgan fingerprint density at radius 2 is 1.92 bits per heavy atom. The highest BCUT2D eigenvalue weighted by molar-refractivity contribution is 5.80. The number of aromatic nitrogens is 2. The summed E-state index contributed by atoms with van der Waals surface area (Å²) >= 11 is 0. The highest BCUT2D eigenvalue weighted by atomic mass is 15.3. The average Bonchev–Trinajstić information content (AvgIpc) is 2.84.